The summed E-state index contributed by atoms with van der Waals surface area (Å²) < 4.78 is 10.6. The maximum Gasteiger partial charge on any atom is 0.312 e. The highest BCUT2D eigenvalue weighted by atomic mass is 35.5. The minimum absolute atomic E-state index is 0.0280. The van der Waals surface area contributed by atoms with Crippen LogP contribution in [-0.4, -0.2) is 35.1 Å². The van der Waals surface area contributed by atoms with E-state index >= 15 is 0 Å². The minimum Gasteiger partial charge on any atom is -0.493 e. The number of rotatable bonds is 8. The van der Waals surface area contributed by atoms with Crippen LogP contribution >= 0.6 is 22.9 Å². The molecular formula is C20H18ClN3O4S. The first kappa shape index (κ1) is 20.8. The van der Waals surface area contributed by atoms with E-state index in [0.29, 0.717) is 23.1 Å². The number of halogens is 1. The number of ether oxygens (including phenoxy) is 2. The van der Waals surface area contributed by atoms with E-state index in [2.05, 4.69) is 15.3 Å². The summed E-state index contributed by atoms with van der Waals surface area (Å²) >= 11 is 7.15. The van der Waals surface area contributed by atoms with Crippen LogP contribution < -0.4 is 10.1 Å². The lowest BCUT2D eigenvalue weighted by atomic mass is 10.2. The summed E-state index contributed by atoms with van der Waals surface area (Å²) in [6.45, 7) is 2.06. The molecule has 29 heavy (non-hydrogen) atoms. The summed E-state index contributed by atoms with van der Waals surface area (Å²) in [5.74, 6) is 0.0375. The van der Waals surface area contributed by atoms with E-state index in [1.165, 1.54) is 17.5 Å². The molecular weight excluding hydrogens is 414 g/mol. The molecule has 9 heteroatoms. The number of nitrogens with one attached hydrogen (secondary N) is 1. The van der Waals surface area contributed by atoms with Gasteiger partial charge in [-0.1, -0.05) is 23.7 Å². The standard InChI is InChI=1S/C20H18ClN3O4S/c1-2-27-16-6-4-3-5-15(16)20-23-14(12-29-20)9-19(26)28-11-18(25)24-17-8-7-13(21)10-22-17/h3-8,10,12H,2,9,11H2,1H3,(H,22,24,25). The first-order chi connectivity index (χ1) is 14.0. The van der Waals surface area contributed by atoms with Crippen LogP contribution in [0.1, 0.15) is 12.6 Å². The van der Waals surface area contributed by atoms with Gasteiger partial charge in [0.05, 0.1) is 29.3 Å². The van der Waals surface area contributed by atoms with Crippen molar-refractivity contribution < 1.29 is 19.1 Å². The number of carbonyl (C=O) groups is 2. The number of pyridine rings is 1. The van der Waals surface area contributed by atoms with E-state index in [4.69, 9.17) is 21.1 Å². The number of hydrogen-bond donors (Lipinski definition) is 1. The van der Waals surface area contributed by atoms with Crippen molar-refractivity contribution in [2.75, 3.05) is 18.5 Å². The lowest BCUT2D eigenvalue weighted by molar-refractivity contribution is -0.146. The molecule has 1 aromatic carbocycles. The van der Waals surface area contributed by atoms with Gasteiger partial charge in [0.2, 0.25) is 0 Å². The number of aromatic nitrogens is 2. The molecule has 1 N–H and O–H groups in total. The molecule has 0 fully saturated rings. The number of nitrogens with zero attached hydrogens (tertiary/aromatic N) is 2. The minimum atomic E-state index is -0.542. The van der Waals surface area contributed by atoms with E-state index < -0.39 is 18.5 Å². The number of hydrogen-bond acceptors (Lipinski definition) is 7. The third-order valence-electron chi connectivity index (χ3n) is 3.65. The number of thiazole rings is 1. The Labute approximate surface area is 176 Å². The highest BCUT2D eigenvalue weighted by Gasteiger charge is 2.14. The predicted octanol–water partition coefficient (Wildman–Crippen LogP) is 3.98. The fourth-order valence-corrected chi connectivity index (χ4v) is 3.37. The Morgan fingerprint density at radius 1 is 1.21 bits per heavy atom. The molecule has 3 rings (SSSR count). The van der Waals surface area contributed by atoms with Gasteiger partial charge in [0.25, 0.3) is 5.91 Å². The van der Waals surface area contributed by atoms with Crippen LogP contribution in [0.3, 0.4) is 0 Å². The van der Waals surface area contributed by atoms with E-state index in [1.54, 1.807) is 17.5 Å². The first-order valence-corrected chi connectivity index (χ1v) is 10.0. The maximum absolute atomic E-state index is 12.0. The molecule has 0 spiro atoms. The van der Waals surface area contributed by atoms with Crippen LogP contribution in [0, 0.1) is 0 Å². The summed E-state index contributed by atoms with van der Waals surface area (Å²) in [7, 11) is 0. The van der Waals surface area contributed by atoms with Gasteiger partial charge in [0, 0.05) is 11.6 Å². The Morgan fingerprint density at radius 2 is 2.03 bits per heavy atom. The SMILES string of the molecule is CCOc1ccccc1-c1nc(CC(=O)OCC(=O)Nc2ccc(Cl)cn2)cs1. The molecule has 3 aromatic rings. The zero-order chi connectivity index (χ0) is 20.6. The molecule has 150 valence electrons. The molecule has 0 aliphatic rings. The van der Waals surface area contributed by atoms with Crippen molar-refractivity contribution in [1.82, 2.24) is 9.97 Å². The van der Waals surface area contributed by atoms with Crippen LogP contribution in [0.5, 0.6) is 5.75 Å². The van der Waals surface area contributed by atoms with Crippen molar-refractivity contribution in [2.45, 2.75) is 13.3 Å². The fraction of sp³-hybridized carbons (Fsp3) is 0.200. The summed E-state index contributed by atoms with van der Waals surface area (Å²) in [4.78, 5) is 32.3. The summed E-state index contributed by atoms with van der Waals surface area (Å²) in [5, 5.41) is 5.52. The highest BCUT2D eigenvalue weighted by molar-refractivity contribution is 7.13. The number of anilines is 1. The molecule has 0 saturated carbocycles. The molecule has 1 amide bonds. The molecule has 0 unspecified atom stereocenters. The van der Waals surface area contributed by atoms with E-state index in [0.717, 1.165) is 16.3 Å². The maximum atomic E-state index is 12.0. The summed E-state index contributed by atoms with van der Waals surface area (Å²) in [5.41, 5.74) is 1.44. The number of amides is 1. The van der Waals surface area contributed by atoms with Gasteiger partial charge in [0.15, 0.2) is 6.61 Å². The topological polar surface area (TPSA) is 90.4 Å². The molecule has 2 heterocycles. The van der Waals surface area contributed by atoms with Crippen LogP contribution in [-0.2, 0) is 20.7 Å². The zero-order valence-electron chi connectivity index (χ0n) is 15.6. The highest BCUT2D eigenvalue weighted by Crippen LogP contribution is 2.32. The van der Waals surface area contributed by atoms with Crippen LogP contribution in [0.15, 0.2) is 48.0 Å². The Kier molecular flexibility index (Phi) is 7.15. The second kappa shape index (κ2) is 9.99. The van der Waals surface area contributed by atoms with E-state index in [9.17, 15) is 9.59 Å². The lowest BCUT2D eigenvalue weighted by Gasteiger charge is -2.07. The summed E-state index contributed by atoms with van der Waals surface area (Å²) in [6, 6.07) is 10.7. The van der Waals surface area contributed by atoms with Gasteiger partial charge in [-0.3, -0.25) is 9.59 Å². The van der Waals surface area contributed by atoms with Crippen molar-refractivity contribution in [1.29, 1.82) is 0 Å². The van der Waals surface area contributed by atoms with Crippen LogP contribution in [0.4, 0.5) is 5.82 Å². The second-order valence-electron chi connectivity index (χ2n) is 5.82. The molecule has 0 bridgehead atoms. The van der Waals surface area contributed by atoms with Crippen molar-refractivity contribution in [2.24, 2.45) is 0 Å². The largest absolute Gasteiger partial charge is 0.493 e. The number of para-hydroxylation sites is 1. The quantitative estimate of drug-likeness (QED) is 0.542. The molecule has 7 nitrogen and oxygen atoms in total. The Bertz CT molecular complexity index is 991. The lowest BCUT2D eigenvalue weighted by Crippen LogP contribution is -2.22. The third kappa shape index (κ3) is 6.00. The van der Waals surface area contributed by atoms with Crippen molar-refractivity contribution in [3.05, 3.63) is 58.7 Å². The normalized spacial score (nSPS) is 10.4. The number of carbonyl (C=O) groups excluding carboxylic acids is 2. The van der Waals surface area contributed by atoms with Crippen molar-refractivity contribution in [3.63, 3.8) is 0 Å². The van der Waals surface area contributed by atoms with Gasteiger partial charge >= 0.3 is 5.97 Å². The van der Waals surface area contributed by atoms with Crippen molar-refractivity contribution >= 4 is 40.6 Å². The second-order valence-corrected chi connectivity index (χ2v) is 7.12. The Morgan fingerprint density at radius 3 is 2.79 bits per heavy atom. The van der Waals surface area contributed by atoms with Gasteiger partial charge < -0.3 is 14.8 Å². The van der Waals surface area contributed by atoms with Gasteiger partial charge in [-0.2, -0.15) is 0 Å². The Hall–Kier alpha value is -2.97. The molecule has 0 saturated heterocycles. The van der Waals surface area contributed by atoms with E-state index in [-0.39, 0.29) is 6.42 Å². The third-order valence-corrected chi connectivity index (χ3v) is 4.80. The fourth-order valence-electron chi connectivity index (χ4n) is 2.41. The monoisotopic (exact) mass is 431 g/mol. The predicted molar refractivity (Wildman–Crippen MR) is 111 cm³/mol. The first-order valence-electron chi connectivity index (χ1n) is 8.78. The van der Waals surface area contributed by atoms with Crippen LogP contribution in [0.2, 0.25) is 5.02 Å². The van der Waals surface area contributed by atoms with Crippen molar-refractivity contribution in [3.8, 4) is 16.3 Å². The van der Waals surface area contributed by atoms with Crippen LogP contribution in [0.25, 0.3) is 10.6 Å². The average Bonchev–Trinajstić information content (AvgIpc) is 3.17. The molecule has 2 aromatic heterocycles. The zero-order valence-corrected chi connectivity index (χ0v) is 17.1. The van der Waals surface area contributed by atoms with Gasteiger partial charge in [-0.05, 0) is 31.2 Å². The average molecular weight is 432 g/mol. The Balaban J connectivity index is 1.52. The number of esters is 1. The molecule has 0 atom stereocenters. The molecule has 0 aliphatic carbocycles. The van der Waals surface area contributed by atoms with Gasteiger partial charge in [0.1, 0.15) is 16.6 Å². The van der Waals surface area contributed by atoms with Gasteiger partial charge in [-0.25, -0.2) is 9.97 Å². The molecule has 0 radical (unpaired) electrons. The van der Waals surface area contributed by atoms with E-state index in [1.807, 2.05) is 31.2 Å². The summed E-state index contributed by atoms with van der Waals surface area (Å²) in [6.07, 6.45) is 1.38. The number of benzene rings is 1. The van der Waals surface area contributed by atoms with Gasteiger partial charge in [-0.15, -0.1) is 11.3 Å². The molecule has 0 aliphatic heterocycles. The smallest absolute Gasteiger partial charge is 0.312 e.